The topological polar surface area (TPSA) is 75.6 Å². The standard InChI is InChI=1S/C14H8N4O/c15-8-10-1-3-11(4-2-10)14-7-12(18-19-14)13-9-16-5-6-17-13/h1-7,9H. The summed E-state index contributed by atoms with van der Waals surface area (Å²) in [6.07, 6.45) is 4.83. The van der Waals surface area contributed by atoms with E-state index in [-0.39, 0.29) is 0 Å². The summed E-state index contributed by atoms with van der Waals surface area (Å²) in [5.41, 5.74) is 2.76. The number of hydrogen-bond donors (Lipinski definition) is 0. The molecule has 90 valence electrons. The van der Waals surface area contributed by atoms with Crippen molar-refractivity contribution in [2.45, 2.75) is 0 Å². The van der Waals surface area contributed by atoms with Gasteiger partial charge in [0, 0.05) is 24.0 Å². The summed E-state index contributed by atoms with van der Waals surface area (Å²) in [5, 5.41) is 12.7. The van der Waals surface area contributed by atoms with Crippen molar-refractivity contribution in [2.24, 2.45) is 0 Å². The molecule has 2 aromatic heterocycles. The van der Waals surface area contributed by atoms with Gasteiger partial charge in [0.15, 0.2) is 5.76 Å². The molecule has 3 aromatic rings. The molecule has 0 radical (unpaired) electrons. The summed E-state index contributed by atoms with van der Waals surface area (Å²) in [6, 6.07) is 11.0. The van der Waals surface area contributed by atoms with Crippen LogP contribution in [0.2, 0.25) is 0 Å². The van der Waals surface area contributed by atoms with Crippen LogP contribution in [-0.4, -0.2) is 15.1 Å². The van der Waals surface area contributed by atoms with E-state index in [0.29, 0.717) is 22.7 Å². The molecular weight excluding hydrogens is 240 g/mol. The fraction of sp³-hybridized carbons (Fsp3) is 0. The van der Waals surface area contributed by atoms with E-state index in [0.717, 1.165) is 5.56 Å². The molecule has 5 nitrogen and oxygen atoms in total. The highest BCUT2D eigenvalue weighted by molar-refractivity contribution is 5.64. The fourth-order valence-electron chi connectivity index (χ4n) is 1.67. The molecule has 3 rings (SSSR count). The molecule has 2 heterocycles. The van der Waals surface area contributed by atoms with E-state index in [1.165, 1.54) is 0 Å². The first-order chi connectivity index (χ1) is 9.36. The lowest BCUT2D eigenvalue weighted by atomic mass is 10.1. The minimum absolute atomic E-state index is 0.609. The lowest BCUT2D eigenvalue weighted by molar-refractivity contribution is 0.434. The molecule has 0 saturated carbocycles. The third-order valence-corrected chi connectivity index (χ3v) is 2.63. The van der Waals surface area contributed by atoms with Crippen molar-refractivity contribution in [3.8, 4) is 28.8 Å². The molecule has 5 heteroatoms. The van der Waals surface area contributed by atoms with Gasteiger partial charge in [-0.15, -0.1) is 0 Å². The Hall–Kier alpha value is -3.00. The van der Waals surface area contributed by atoms with Gasteiger partial charge in [0.25, 0.3) is 0 Å². The van der Waals surface area contributed by atoms with Crippen molar-refractivity contribution >= 4 is 0 Å². The smallest absolute Gasteiger partial charge is 0.167 e. The average Bonchev–Trinajstić information content (AvgIpc) is 2.98. The summed E-state index contributed by atoms with van der Waals surface area (Å²) in [4.78, 5) is 8.14. The maximum Gasteiger partial charge on any atom is 0.167 e. The van der Waals surface area contributed by atoms with Crippen LogP contribution in [0.4, 0.5) is 0 Å². The molecule has 0 bridgehead atoms. The molecular formula is C14H8N4O. The summed E-state index contributed by atoms with van der Waals surface area (Å²) in [5.74, 6) is 0.630. The van der Waals surface area contributed by atoms with E-state index < -0.39 is 0 Å². The van der Waals surface area contributed by atoms with Gasteiger partial charge in [0.2, 0.25) is 0 Å². The van der Waals surface area contributed by atoms with Crippen molar-refractivity contribution in [1.82, 2.24) is 15.1 Å². The first kappa shape index (κ1) is 11.1. The quantitative estimate of drug-likeness (QED) is 0.696. The number of nitrogens with zero attached hydrogens (tertiary/aromatic N) is 4. The molecule has 0 amide bonds. The van der Waals surface area contributed by atoms with Crippen LogP contribution >= 0.6 is 0 Å². The van der Waals surface area contributed by atoms with Gasteiger partial charge in [-0.25, -0.2) is 0 Å². The Morgan fingerprint density at radius 3 is 2.58 bits per heavy atom. The second kappa shape index (κ2) is 4.70. The van der Waals surface area contributed by atoms with Crippen LogP contribution in [0.3, 0.4) is 0 Å². The zero-order valence-corrected chi connectivity index (χ0v) is 9.82. The monoisotopic (exact) mass is 248 g/mol. The molecule has 0 N–H and O–H groups in total. The van der Waals surface area contributed by atoms with Gasteiger partial charge in [-0.1, -0.05) is 5.16 Å². The summed E-state index contributed by atoms with van der Waals surface area (Å²) in [6.45, 7) is 0. The van der Waals surface area contributed by atoms with Crippen LogP contribution in [-0.2, 0) is 0 Å². The highest BCUT2D eigenvalue weighted by Gasteiger charge is 2.09. The van der Waals surface area contributed by atoms with Crippen molar-refractivity contribution in [3.63, 3.8) is 0 Å². The third-order valence-electron chi connectivity index (χ3n) is 2.63. The van der Waals surface area contributed by atoms with Crippen molar-refractivity contribution in [1.29, 1.82) is 5.26 Å². The van der Waals surface area contributed by atoms with E-state index in [4.69, 9.17) is 9.78 Å². The van der Waals surface area contributed by atoms with Crippen LogP contribution in [0, 0.1) is 11.3 Å². The Morgan fingerprint density at radius 1 is 1.05 bits per heavy atom. The Morgan fingerprint density at radius 2 is 1.89 bits per heavy atom. The second-order valence-electron chi connectivity index (χ2n) is 3.86. The minimum Gasteiger partial charge on any atom is -0.356 e. The third kappa shape index (κ3) is 2.19. The van der Waals surface area contributed by atoms with Gasteiger partial charge in [-0.3, -0.25) is 9.97 Å². The lowest BCUT2D eigenvalue weighted by Crippen LogP contribution is -1.82. The number of rotatable bonds is 2. The van der Waals surface area contributed by atoms with Crippen LogP contribution in [0.25, 0.3) is 22.7 Å². The van der Waals surface area contributed by atoms with Gasteiger partial charge < -0.3 is 4.52 Å². The zero-order chi connectivity index (χ0) is 13.1. The number of benzene rings is 1. The molecule has 19 heavy (non-hydrogen) atoms. The second-order valence-corrected chi connectivity index (χ2v) is 3.86. The fourth-order valence-corrected chi connectivity index (χ4v) is 1.67. The predicted octanol–water partition coefficient (Wildman–Crippen LogP) is 2.67. The van der Waals surface area contributed by atoms with Crippen molar-refractivity contribution in [2.75, 3.05) is 0 Å². The van der Waals surface area contributed by atoms with Crippen LogP contribution in [0.5, 0.6) is 0 Å². The van der Waals surface area contributed by atoms with Gasteiger partial charge >= 0.3 is 0 Å². The Bertz CT molecular complexity index is 726. The predicted molar refractivity (Wildman–Crippen MR) is 67.7 cm³/mol. The molecule has 1 aromatic carbocycles. The molecule has 0 aliphatic heterocycles. The maximum atomic E-state index is 8.75. The minimum atomic E-state index is 0.609. The normalized spacial score (nSPS) is 10.1. The highest BCUT2D eigenvalue weighted by atomic mass is 16.5. The first-order valence-electron chi connectivity index (χ1n) is 5.60. The average molecular weight is 248 g/mol. The van der Waals surface area contributed by atoms with E-state index in [2.05, 4.69) is 21.2 Å². The van der Waals surface area contributed by atoms with Crippen molar-refractivity contribution < 1.29 is 4.52 Å². The molecule has 0 atom stereocenters. The largest absolute Gasteiger partial charge is 0.356 e. The number of nitriles is 1. The SMILES string of the molecule is N#Cc1ccc(-c2cc(-c3cnccn3)no2)cc1. The van der Waals surface area contributed by atoms with E-state index in [1.807, 2.05) is 12.1 Å². The van der Waals surface area contributed by atoms with E-state index in [1.54, 1.807) is 36.8 Å². The maximum absolute atomic E-state index is 8.75. The number of aromatic nitrogens is 3. The Labute approximate surface area is 109 Å². The molecule has 0 aliphatic carbocycles. The van der Waals surface area contributed by atoms with Gasteiger partial charge in [0.05, 0.1) is 17.8 Å². The molecule has 0 spiro atoms. The molecule has 0 unspecified atom stereocenters. The first-order valence-corrected chi connectivity index (χ1v) is 5.60. The molecule has 0 aliphatic rings. The van der Waals surface area contributed by atoms with Crippen molar-refractivity contribution in [3.05, 3.63) is 54.5 Å². The summed E-state index contributed by atoms with van der Waals surface area (Å²) < 4.78 is 5.28. The lowest BCUT2D eigenvalue weighted by Gasteiger charge is -1.94. The van der Waals surface area contributed by atoms with Crippen LogP contribution in [0.1, 0.15) is 5.56 Å². The van der Waals surface area contributed by atoms with E-state index in [9.17, 15) is 0 Å². The zero-order valence-electron chi connectivity index (χ0n) is 9.82. The highest BCUT2D eigenvalue weighted by Crippen LogP contribution is 2.24. The van der Waals surface area contributed by atoms with E-state index >= 15 is 0 Å². The van der Waals surface area contributed by atoms with Crippen LogP contribution in [0.15, 0.2) is 53.4 Å². The summed E-state index contributed by atoms with van der Waals surface area (Å²) in [7, 11) is 0. The molecule has 0 fully saturated rings. The Balaban J connectivity index is 1.95. The summed E-state index contributed by atoms with van der Waals surface area (Å²) >= 11 is 0. The molecule has 0 saturated heterocycles. The number of hydrogen-bond acceptors (Lipinski definition) is 5. The van der Waals surface area contributed by atoms with Gasteiger partial charge in [-0.2, -0.15) is 5.26 Å². The Kier molecular flexibility index (Phi) is 2.75. The van der Waals surface area contributed by atoms with Gasteiger partial charge in [-0.05, 0) is 24.3 Å². The van der Waals surface area contributed by atoms with Gasteiger partial charge in [0.1, 0.15) is 11.4 Å². The van der Waals surface area contributed by atoms with Crippen LogP contribution < -0.4 is 0 Å².